The number of aryl methyl sites for hydroxylation is 1. The predicted molar refractivity (Wildman–Crippen MR) is 69.1 cm³/mol. The highest BCUT2D eigenvalue weighted by Gasteiger charge is 2.32. The summed E-state index contributed by atoms with van der Waals surface area (Å²) in [5.41, 5.74) is 3.01. The molecule has 0 saturated heterocycles. The molecule has 0 fully saturated rings. The average Bonchev–Trinajstić information content (AvgIpc) is 2.42. The fourth-order valence-electron chi connectivity index (χ4n) is 1.69. The van der Waals surface area contributed by atoms with E-state index < -0.39 is 18.6 Å². The van der Waals surface area contributed by atoms with Gasteiger partial charge in [0.05, 0.1) is 0 Å². The first-order valence-electron chi connectivity index (χ1n) is 6.14. The van der Waals surface area contributed by atoms with Crippen LogP contribution in [0.2, 0.25) is 0 Å². The molecule has 0 bridgehead atoms. The van der Waals surface area contributed by atoms with Crippen LogP contribution >= 0.6 is 0 Å². The number of aromatic nitrogens is 1. The number of nitrogens with zero attached hydrogens (tertiary/aromatic N) is 2. The Balaban J connectivity index is 3.05. The number of nitrogens with two attached hydrogens (primary N) is 1. The molecule has 0 aliphatic carbocycles. The molecular weight excluding hydrogens is 273 g/mol. The van der Waals surface area contributed by atoms with Crippen molar-refractivity contribution in [1.82, 2.24) is 9.88 Å². The molecule has 0 radical (unpaired) electrons. The maximum absolute atomic E-state index is 12.4. The number of nitrogen functional groups attached to an aromatic ring is 1. The Labute approximate surface area is 114 Å². The van der Waals surface area contributed by atoms with E-state index in [9.17, 15) is 18.0 Å². The molecule has 1 aromatic heterocycles. The minimum absolute atomic E-state index is 0.0342. The van der Waals surface area contributed by atoms with Crippen molar-refractivity contribution in [3.05, 3.63) is 23.4 Å². The summed E-state index contributed by atoms with van der Waals surface area (Å²) in [6.07, 6.45) is -3.89. The zero-order valence-electron chi connectivity index (χ0n) is 11.3. The number of amides is 1. The Kier molecular flexibility index (Phi) is 5.32. The molecule has 1 aromatic rings. The van der Waals surface area contributed by atoms with E-state index in [0.29, 0.717) is 12.1 Å². The lowest BCUT2D eigenvalue weighted by Gasteiger charge is -2.22. The Morgan fingerprint density at radius 3 is 2.50 bits per heavy atom. The summed E-state index contributed by atoms with van der Waals surface area (Å²) in [5.74, 6) is 4.79. The number of hydrogen-bond acceptors (Lipinski definition) is 4. The second-order valence-corrected chi connectivity index (χ2v) is 4.16. The van der Waals surface area contributed by atoms with Gasteiger partial charge in [0, 0.05) is 17.8 Å². The molecule has 112 valence electrons. The van der Waals surface area contributed by atoms with E-state index in [1.807, 2.05) is 6.92 Å². The molecule has 5 nitrogen and oxygen atoms in total. The first-order valence-corrected chi connectivity index (χ1v) is 6.14. The van der Waals surface area contributed by atoms with E-state index in [1.165, 1.54) is 19.1 Å². The third-order valence-electron chi connectivity index (χ3n) is 2.67. The first kappa shape index (κ1) is 16.2. The van der Waals surface area contributed by atoms with Gasteiger partial charge in [-0.25, -0.2) is 10.8 Å². The molecule has 0 aromatic carbocycles. The van der Waals surface area contributed by atoms with E-state index in [4.69, 9.17) is 5.84 Å². The number of rotatable bonds is 5. The highest BCUT2D eigenvalue weighted by Crippen LogP contribution is 2.19. The summed E-state index contributed by atoms with van der Waals surface area (Å²) in [7, 11) is 0. The monoisotopic (exact) mass is 290 g/mol. The van der Waals surface area contributed by atoms with Crippen molar-refractivity contribution in [3.8, 4) is 0 Å². The number of hydrogen-bond donors (Lipinski definition) is 2. The Morgan fingerprint density at radius 1 is 1.40 bits per heavy atom. The van der Waals surface area contributed by atoms with Crippen LogP contribution in [0, 0.1) is 0 Å². The summed E-state index contributed by atoms with van der Waals surface area (Å²) in [5, 5.41) is 0. The van der Waals surface area contributed by atoms with Gasteiger partial charge in [0.25, 0.3) is 5.91 Å². The predicted octanol–water partition coefficient (Wildman–Crippen LogP) is 1.95. The van der Waals surface area contributed by atoms with Crippen molar-refractivity contribution in [2.24, 2.45) is 5.84 Å². The largest absolute Gasteiger partial charge is 0.406 e. The standard InChI is InChI=1S/C12H17F3N4O/c1-3-9-5-8(6-10(17-9)18-16)11(20)19(4-2)7-12(13,14)15/h5-6H,3-4,7,16H2,1-2H3,(H,17,18). The van der Waals surface area contributed by atoms with E-state index >= 15 is 0 Å². The van der Waals surface area contributed by atoms with Crippen LogP contribution in [0.25, 0.3) is 0 Å². The van der Waals surface area contributed by atoms with Crippen LogP contribution in [0.15, 0.2) is 12.1 Å². The zero-order chi connectivity index (χ0) is 15.3. The van der Waals surface area contributed by atoms with Crippen LogP contribution in [0.4, 0.5) is 19.0 Å². The second-order valence-electron chi connectivity index (χ2n) is 4.16. The number of carbonyl (C=O) groups excluding carboxylic acids is 1. The maximum Gasteiger partial charge on any atom is 0.406 e. The van der Waals surface area contributed by atoms with Gasteiger partial charge in [-0.3, -0.25) is 4.79 Å². The normalized spacial score (nSPS) is 11.3. The van der Waals surface area contributed by atoms with Crippen molar-refractivity contribution in [1.29, 1.82) is 0 Å². The van der Waals surface area contributed by atoms with E-state index in [1.54, 1.807) is 0 Å². The van der Waals surface area contributed by atoms with Crippen LogP contribution in [-0.4, -0.2) is 35.1 Å². The van der Waals surface area contributed by atoms with Gasteiger partial charge in [-0.1, -0.05) is 6.92 Å². The van der Waals surface area contributed by atoms with E-state index in [2.05, 4.69) is 10.4 Å². The fourth-order valence-corrected chi connectivity index (χ4v) is 1.69. The van der Waals surface area contributed by atoms with Gasteiger partial charge >= 0.3 is 6.18 Å². The maximum atomic E-state index is 12.4. The van der Waals surface area contributed by atoms with Gasteiger partial charge in [0.1, 0.15) is 12.4 Å². The molecule has 0 aliphatic rings. The number of carbonyl (C=O) groups is 1. The third-order valence-corrected chi connectivity index (χ3v) is 2.67. The van der Waals surface area contributed by atoms with Gasteiger partial charge in [0.15, 0.2) is 0 Å². The molecule has 0 spiro atoms. The lowest BCUT2D eigenvalue weighted by molar-refractivity contribution is -0.140. The van der Waals surface area contributed by atoms with Gasteiger partial charge in [-0.15, -0.1) is 0 Å². The Morgan fingerprint density at radius 2 is 2.05 bits per heavy atom. The van der Waals surface area contributed by atoms with Crippen molar-refractivity contribution >= 4 is 11.7 Å². The molecule has 0 unspecified atom stereocenters. The Bertz CT molecular complexity index is 454. The smallest absolute Gasteiger partial charge is 0.330 e. The average molecular weight is 290 g/mol. The molecule has 0 aliphatic heterocycles. The molecule has 3 N–H and O–H groups in total. The molecule has 8 heteroatoms. The van der Waals surface area contributed by atoms with Crippen LogP contribution < -0.4 is 11.3 Å². The van der Waals surface area contributed by atoms with E-state index in [0.717, 1.165) is 4.90 Å². The van der Waals surface area contributed by atoms with Crippen LogP contribution in [-0.2, 0) is 6.42 Å². The topological polar surface area (TPSA) is 71.2 Å². The van der Waals surface area contributed by atoms with Gasteiger partial charge in [-0.2, -0.15) is 13.2 Å². The van der Waals surface area contributed by atoms with E-state index in [-0.39, 0.29) is 17.9 Å². The number of anilines is 1. The molecule has 1 rings (SSSR count). The van der Waals surface area contributed by atoms with Crippen molar-refractivity contribution < 1.29 is 18.0 Å². The Hall–Kier alpha value is -1.83. The number of halogens is 3. The highest BCUT2D eigenvalue weighted by molar-refractivity contribution is 5.95. The summed E-state index contributed by atoms with van der Waals surface area (Å²) < 4.78 is 37.3. The molecule has 20 heavy (non-hydrogen) atoms. The SMILES string of the molecule is CCc1cc(C(=O)N(CC)CC(F)(F)F)cc(NN)n1. The zero-order valence-corrected chi connectivity index (χ0v) is 11.3. The summed E-state index contributed by atoms with van der Waals surface area (Å²) in [6, 6.07) is 2.81. The fraction of sp³-hybridized carbons (Fsp3) is 0.500. The summed E-state index contributed by atoms with van der Waals surface area (Å²) in [4.78, 5) is 16.9. The van der Waals surface area contributed by atoms with Crippen molar-refractivity contribution in [3.63, 3.8) is 0 Å². The van der Waals surface area contributed by atoms with Crippen LogP contribution in [0.1, 0.15) is 29.9 Å². The second kappa shape index (κ2) is 6.56. The lowest BCUT2D eigenvalue weighted by Crippen LogP contribution is -2.38. The number of hydrazine groups is 1. The van der Waals surface area contributed by atoms with Crippen molar-refractivity contribution in [2.45, 2.75) is 26.4 Å². The van der Waals surface area contributed by atoms with Gasteiger partial charge < -0.3 is 10.3 Å². The molecule has 1 heterocycles. The van der Waals surface area contributed by atoms with Crippen molar-refractivity contribution in [2.75, 3.05) is 18.5 Å². The number of pyridine rings is 1. The third kappa shape index (κ3) is 4.37. The van der Waals surface area contributed by atoms with Crippen LogP contribution in [0.5, 0.6) is 0 Å². The quantitative estimate of drug-likeness (QED) is 0.642. The summed E-state index contributed by atoms with van der Waals surface area (Å²) in [6.45, 7) is 2.00. The molecule has 1 amide bonds. The lowest BCUT2D eigenvalue weighted by atomic mass is 10.1. The number of nitrogens with one attached hydrogen (secondary N) is 1. The van der Waals surface area contributed by atoms with Gasteiger partial charge in [-0.05, 0) is 25.5 Å². The minimum atomic E-state index is -4.43. The molecule has 0 saturated carbocycles. The van der Waals surface area contributed by atoms with Gasteiger partial charge in [0.2, 0.25) is 0 Å². The number of alkyl halides is 3. The molecular formula is C12H17F3N4O. The first-order chi connectivity index (χ1) is 9.30. The minimum Gasteiger partial charge on any atom is -0.330 e. The molecule has 0 atom stereocenters. The highest BCUT2D eigenvalue weighted by atomic mass is 19.4. The van der Waals surface area contributed by atoms with Crippen LogP contribution in [0.3, 0.4) is 0 Å². The summed E-state index contributed by atoms with van der Waals surface area (Å²) >= 11 is 0.